The van der Waals surface area contributed by atoms with Crippen LogP contribution in [0.15, 0.2) is 12.1 Å². The summed E-state index contributed by atoms with van der Waals surface area (Å²) in [7, 11) is 0. The van der Waals surface area contributed by atoms with Crippen LogP contribution in [0.2, 0.25) is 0 Å². The van der Waals surface area contributed by atoms with Gasteiger partial charge in [0, 0.05) is 24.6 Å². The van der Waals surface area contributed by atoms with Crippen LogP contribution in [-0.2, 0) is 0 Å². The quantitative estimate of drug-likeness (QED) is 0.496. The van der Waals surface area contributed by atoms with Crippen LogP contribution < -0.4 is 10.1 Å². The molecule has 1 aliphatic rings. The molecule has 7 heteroatoms. The van der Waals surface area contributed by atoms with E-state index in [0.29, 0.717) is 12.5 Å². The largest absolute Gasteiger partial charge is 0.486 e. The number of halogens is 2. The molecule has 1 unspecified atom stereocenters. The average molecular weight is 380 g/mol. The SMILES string of the molecule is O=[N+]([O-])c1cc(I)c(F)cc1OCC1CCCNC1. The summed E-state index contributed by atoms with van der Waals surface area (Å²) in [6.07, 6.45) is 2.09. The standard InChI is InChI=1S/C12H14FIN2O3/c13-9-4-12(11(16(17)18)5-10(9)14)19-7-8-2-1-3-15-6-8/h4-5,8,15H,1-3,6-7H2. The number of rotatable bonds is 4. The van der Waals surface area contributed by atoms with E-state index in [9.17, 15) is 14.5 Å². The van der Waals surface area contributed by atoms with Gasteiger partial charge in [0.25, 0.3) is 0 Å². The summed E-state index contributed by atoms with van der Waals surface area (Å²) in [4.78, 5) is 10.4. The molecule has 1 atom stereocenters. The lowest BCUT2D eigenvalue weighted by Gasteiger charge is -2.22. The molecule has 1 heterocycles. The summed E-state index contributed by atoms with van der Waals surface area (Å²) >= 11 is 1.73. The second kappa shape index (κ2) is 6.47. The first-order valence-corrected chi connectivity index (χ1v) is 7.12. The highest BCUT2D eigenvalue weighted by Crippen LogP contribution is 2.31. The number of benzene rings is 1. The van der Waals surface area contributed by atoms with Gasteiger partial charge in [-0.25, -0.2) is 4.39 Å². The van der Waals surface area contributed by atoms with Crippen molar-refractivity contribution in [1.29, 1.82) is 0 Å². The lowest BCUT2D eigenvalue weighted by Crippen LogP contribution is -2.33. The minimum Gasteiger partial charge on any atom is -0.486 e. The molecule has 19 heavy (non-hydrogen) atoms. The van der Waals surface area contributed by atoms with Crippen molar-refractivity contribution in [1.82, 2.24) is 5.32 Å². The van der Waals surface area contributed by atoms with Gasteiger partial charge in [-0.1, -0.05) is 0 Å². The van der Waals surface area contributed by atoms with Gasteiger partial charge in [0.1, 0.15) is 5.82 Å². The fourth-order valence-electron chi connectivity index (χ4n) is 2.05. The van der Waals surface area contributed by atoms with Gasteiger partial charge in [-0.2, -0.15) is 0 Å². The molecule has 0 radical (unpaired) electrons. The van der Waals surface area contributed by atoms with Gasteiger partial charge in [0.05, 0.1) is 15.1 Å². The summed E-state index contributed by atoms with van der Waals surface area (Å²) in [6, 6.07) is 2.29. The number of nitrogens with zero attached hydrogens (tertiary/aromatic N) is 1. The van der Waals surface area contributed by atoms with Gasteiger partial charge in [0.15, 0.2) is 5.75 Å². The number of hydrogen-bond donors (Lipinski definition) is 1. The van der Waals surface area contributed by atoms with Crippen molar-refractivity contribution < 1.29 is 14.1 Å². The van der Waals surface area contributed by atoms with Crippen molar-refractivity contribution in [2.24, 2.45) is 5.92 Å². The van der Waals surface area contributed by atoms with E-state index in [4.69, 9.17) is 4.74 Å². The Morgan fingerprint density at radius 3 is 3.00 bits per heavy atom. The van der Waals surface area contributed by atoms with Crippen molar-refractivity contribution in [2.75, 3.05) is 19.7 Å². The third-order valence-electron chi connectivity index (χ3n) is 3.07. The number of ether oxygens (including phenoxy) is 1. The van der Waals surface area contributed by atoms with E-state index in [-0.39, 0.29) is 15.0 Å². The molecule has 1 fully saturated rings. The molecule has 1 aromatic rings. The predicted octanol–water partition coefficient (Wildman–Crippen LogP) is 2.72. The smallest absolute Gasteiger partial charge is 0.312 e. The zero-order chi connectivity index (χ0) is 13.8. The molecule has 0 bridgehead atoms. The average Bonchev–Trinajstić information content (AvgIpc) is 2.40. The Kier molecular flexibility index (Phi) is 4.92. The first-order valence-electron chi connectivity index (χ1n) is 6.05. The molecular weight excluding hydrogens is 366 g/mol. The van der Waals surface area contributed by atoms with Gasteiger partial charge in [-0.3, -0.25) is 10.1 Å². The zero-order valence-electron chi connectivity index (χ0n) is 10.2. The highest BCUT2D eigenvalue weighted by molar-refractivity contribution is 14.1. The highest BCUT2D eigenvalue weighted by Gasteiger charge is 2.21. The lowest BCUT2D eigenvalue weighted by molar-refractivity contribution is -0.386. The third-order valence-corrected chi connectivity index (χ3v) is 3.90. The van der Waals surface area contributed by atoms with Crippen LogP contribution in [0, 0.1) is 25.4 Å². The summed E-state index contributed by atoms with van der Waals surface area (Å²) < 4.78 is 19.1. The number of piperidine rings is 1. The Morgan fingerprint density at radius 1 is 1.58 bits per heavy atom. The van der Waals surface area contributed by atoms with Crippen molar-refractivity contribution in [3.63, 3.8) is 0 Å². The number of nitro benzene ring substituents is 1. The molecular formula is C12H14FIN2O3. The molecule has 1 aliphatic heterocycles. The Morgan fingerprint density at radius 2 is 2.37 bits per heavy atom. The molecule has 2 rings (SSSR count). The van der Waals surface area contributed by atoms with Gasteiger partial charge >= 0.3 is 5.69 Å². The van der Waals surface area contributed by atoms with Crippen LogP contribution in [0.4, 0.5) is 10.1 Å². The zero-order valence-corrected chi connectivity index (χ0v) is 12.4. The molecule has 104 valence electrons. The predicted molar refractivity (Wildman–Crippen MR) is 76.9 cm³/mol. The topological polar surface area (TPSA) is 64.4 Å². The van der Waals surface area contributed by atoms with Crippen LogP contribution in [0.25, 0.3) is 0 Å². The Balaban J connectivity index is 2.09. The van der Waals surface area contributed by atoms with Gasteiger partial charge < -0.3 is 10.1 Å². The van der Waals surface area contributed by atoms with Gasteiger partial charge in [-0.05, 0) is 42.0 Å². The summed E-state index contributed by atoms with van der Waals surface area (Å²) in [5.41, 5.74) is -0.186. The fraction of sp³-hybridized carbons (Fsp3) is 0.500. The minimum absolute atomic E-state index is 0.00786. The van der Waals surface area contributed by atoms with Crippen molar-refractivity contribution in [3.05, 3.63) is 31.6 Å². The van der Waals surface area contributed by atoms with Gasteiger partial charge in [-0.15, -0.1) is 0 Å². The molecule has 1 aromatic carbocycles. The number of nitro groups is 1. The third kappa shape index (κ3) is 3.75. The molecule has 0 amide bonds. The lowest BCUT2D eigenvalue weighted by atomic mass is 10.0. The van der Waals surface area contributed by atoms with E-state index < -0.39 is 10.7 Å². The Bertz CT molecular complexity index is 478. The summed E-state index contributed by atoms with van der Waals surface area (Å²) in [6.45, 7) is 2.20. The minimum atomic E-state index is -0.546. The maximum absolute atomic E-state index is 13.5. The van der Waals surface area contributed by atoms with E-state index in [1.165, 1.54) is 6.07 Å². The Hall–Kier alpha value is -0.960. The fourth-order valence-corrected chi connectivity index (χ4v) is 2.50. The van der Waals surface area contributed by atoms with E-state index in [1.54, 1.807) is 22.6 Å². The van der Waals surface area contributed by atoms with Crippen molar-refractivity contribution in [3.8, 4) is 5.75 Å². The van der Waals surface area contributed by atoms with Crippen LogP contribution in [0.5, 0.6) is 5.75 Å². The molecule has 0 spiro atoms. The summed E-state index contributed by atoms with van der Waals surface area (Å²) in [5, 5.41) is 14.2. The van der Waals surface area contributed by atoms with Crippen molar-refractivity contribution in [2.45, 2.75) is 12.8 Å². The molecule has 5 nitrogen and oxygen atoms in total. The number of nitrogens with one attached hydrogen (secondary N) is 1. The van der Waals surface area contributed by atoms with Crippen LogP contribution in [-0.4, -0.2) is 24.6 Å². The molecule has 1 N–H and O–H groups in total. The highest BCUT2D eigenvalue weighted by atomic mass is 127. The maximum atomic E-state index is 13.5. The van der Waals surface area contributed by atoms with E-state index in [0.717, 1.165) is 32.0 Å². The maximum Gasteiger partial charge on any atom is 0.312 e. The Labute approximate surface area is 123 Å². The van der Waals surface area contributed by atoms with E-state index >= 15 is 0 Å². The van der Waals surface area contributed by atoms with E-state index in [1.807, 2.05) is 0 Å². The van der Waals surface area contributed by atoms with Crippen LogP contribution >= 0.6 is 22.6 Å². The van der Waals surface area contributed by atoms with Crippen LogP contribution in [0.1, 0.15) is 12.8 Å². The molecule has 1 saturated heterocycles. The van der Waals surface area contributed by atoms with Gasteiger partial charge in [0.2, 0.25) is 0 Å². The molecule has 0 aromatic heterocycles. The first-order chi connectivity index (χ1) is 9.08. The summed E-state index contributed by atoms with van der Waals surface area (Å²) in [5.74, 6) is -0.174. The van der Waals surface area contributed by atoms with E-state index in [2.05, 4.69) is 5.32 Å². The normalized spacial score (nSPS) is 19.2. The second-order valence-corrected chi connectivity index (χ2v) is 5.68. The number of hydrogen-bond acceptors (Lipinski definition) is 4. The first kappa shape index (κ1) is 14.4. The van der Waals surface area contributed by atoms with Crippen LogP contribution in [0.3, 0.4) is 0 Å². The monoisotopic (exact) mass is 380 g/mol. The molecule has 0 saturated carbocycles. The molecule has 0 aliphatic carbocycles. The second-order valence-electron chi connectivity index (χ2n) is 4.51. The van der Waals surface area contributed by atoms with Crippen molar-refractivity contribution >= 4 is 28.3 Å².